The molecule has 0 amide bonds. The van der Waals surface area contributed by atoms with Gasteiger partial charge in [0.25, 0.3) is 0 Å². The second kappa shape index (κ2) is 59.6. The Morgan fingerprint density at radius 3 is 0.600 bits per heavy atom. The molecule has 0 aromatic rings. The van der Waals surface area contributed by atoms with Gasteiger partial charge in [-0.3, -0.25) is 0 Å². The summed E-state index contributed by atoms with van der Waals surface area (Å²) in [7, 11) is 0. The molecule has 5 heteroatoms. The normalized spacial score (nSPS) is 0. The van der Waals surface area contributed by atoms with Crippen molar-refractivity contribution >= 4 is 17.1 Å². The molecule has 28 valence electrons. The molecule has 0 heterocycles. The van der Waals surface area contributed by atoms with Crippen molar-refractivity contribution in [3.05, 3.63) is 0 Å². The van der Waals surface area contributed by atoms with Crippen LogP contribution in [0.4, 0.5) is 0 Å². The van der Waals surface area contributed by atoms with Gasteiger partial charge in [-0.25, -0.2) is 0 Å². The van der Waals surface area contributed by atoms with E-state index in [4.69, 9.17) is 0 Å². The van der Waals surface area contributed by atoms with Crippen molar-refractivity contribution in [2.24, 2.45) is 0 Å². The SMILES string of the molecule is [Hf+4].[O-2].[O-2].[O-2].[Se+2]. The maximum atomic E-state index is 0. The van der Waals surface area contributed by atoms with Crippen molar-refractivity contribution in [3.63, 3.8) is 0 Å². The van der Waals surface area contributed by atoms with E-state index in [1.807, 2.05) is 0 Å². The molecule has 0 aromatic heterocycles. The van der Waals surface area contributed by atoms with E-state index in [9.17, 15) is 0 Å². The molecule has 0 aliphatic rings. The monoisotopic (exact) mass is 308 g/mol. The van der Waals surface area contributed by atoms with Gasteiger partial charge in [0.1, 0.15) is 0 Å². The number of rotatable bonds is 0. The first-order valence-electron chi connectivity index (χ1n) is 0. The predicted molar refractivity (Wildman–Crippen MR) is 7.81 cm³/mol. The van der Waals surface area contributed by atoms with Crippen LogP contribution in [-0.4, -0.2) is 17.1 Å². The zero-order valence-corrected chi connectivity index (χ0v) is 7.44. The molecule has 0 atom stereocenters. The van der Waals surface area contributed by atoms with Crippen molar-refractivity contribution in [2.45, 2.75) is 0 Å². The van der Waals surface area contributed by atoms with E-state index in [1.165, 1.54) is 0 Å². The van der Waals surface area contributed by atoms with Crippen molar-refractivity contribution in [1.29, 1.82) is 0 Å². The Balaban J connectivity index is 0. The first-order valence-corrected chi connectivity index (χ1v) is 0. The molecule has 0 bridgehead atoms. The Kier molecular flexibility index (Phi) is 1290. The van der Waals surface area contributed by atoms with Gasteiger partial charge in [0.05, 0.1) is 0 Å². The van der Waals surface area contributed by atoms with Crippen LogP contribution in [0.25, 0.3) is 0 Å². The fraction of sp³-hybridized carbons (Fsp3) is 0. The van der Waals surface area contributed by atoms with E-state index in [0.717, 1.165) is 0 Å². The molecule has 0 aromatic carbocycles. The summed E-state index contributed by atoms with van der Waals surface area (Å²) < 4.78 is 0. The predicted octanol–water partition coefficient (Wildman–Crippen LogP) is -0.740. The van der Waals surface area contributed by atoms with Gasteiger partial charge in [0, 0.05) is 0 Å². The largest absolute Gasteiger partial charge is 4.00 e. The Bertz CT molecular complexity index is 6.85. The molecule has 0 saturated carbocycles. The van der Waals surface area contributed by atoms with Crippen molar-refractivity contribution in [2.75, 3.05) is 0 Å². The van der Waals surface area contributed by atoms with Gasteiger partial charge in [0.2, 0.25) is 0 Å². The molecule has 0 aliphatic heterocycles. The second-order valence-corrected chi connectivity index (χ2v) is 0. The van der Waals surface area contributed by atoms with Gasteiger partial charge in [-0.05, 0) is 0 Å². The van der Waals surface area contributed by atoms with Gasteiger partial charge < -0.3 is 16.4 Å². The molecule has 5 heavy (non-hydrogen) atoms. The van der Waals surface area contributed by atoms with Crippen molar-refractivity contribution < 1.29 is 42.3 Å². The van der Waals surface area contributed by atoms with E-state index in [0.29, 0.717) is 0 Å². The molecule has 0 aliphatic carbocycles. The van der Waals surface area contributed by atoms with Gasteiger partial charge in [-0.1, -0.05) is 0 Å². The Morgan fingerprint density at radius 2 is 0.600 bits per heavy atom. The molecule has 0 unspecified atom stereocenters. The third-order valence-corrected chi connectivity index (χ3v) is 0. The second-order valence-electron chi connectivity index (χ2n) is 0. The molecule has 0 spiro atoms. The molecule has 0 saturated heterocycles. The Labute approximate surface area is 59.3 Å². The molecule has 0 N–H and O–H groups in total. The zero-order chi connectivity index (χ0) is 0. The summed E-state index contributed by atoms with van der Waals surface area (Å²) in [5.41, 5.74) is 0. The van der Waals surface area contributed by atoms with Crippen LogP contribution in [0.2, 0.25) is 0 Å². The summed E-state index contributed by atoms with van der Waals surface area (Å²) in [6.07, 6.45) is 0. The summed E-state index contributed by atoms with van der Waals surface area (Å²) in [5, 5.41) is 0. The third-order valence-electron chi connectivity index (χ3n) is 0. The van der Waals surface area contributed by atoms with Crippen LogP contribution in [-0.2, 0) is 42.3 Å². The number of hydrogen-bond donors (Lipinski definition) is 0. The first kappa shape index (κ1) is 108. The fourth-order valence-electron chi connectivity index (χ4n) is 0. The topological polar surface area (TPSA) is 85.5 Å². The van der Waals surface area contributed by atoms with Crippen LogP contribution in [0.5, 0.6) is 0 Å². The average Bonchev–Trinajstić information content (AvgIpc) is 0. The van der Waals surface area contributed by atoms with E-state index in [-0.39, 0.29) is 59.3 Å². The molecule has 0 fully saturated rings. The number of hydrogen-bond acceptors (Lipinski definition) is 0. The van der Waals surface area contributed by atoms with Gasteiger partial charge in [-0.15, -0.1) is 0 Å². The van der Waals surface area contributed by atoms with Crippen LogP contribution >= 0.6 is 0 Å². The molecular weight excluding hydrogens is 305 g/mol. The van der Waals surface area contributed by atoms with E-state index in [1.54, 1.807) is 0 Å². The summed E-state index contributed by atoms with van der Waals surface area (Å²) in [6.45, 7) is 0. The fourth-order valence-corrected chi connectivity index (χ4v) is 0. The van der Waals surface area contributed by atoms with Gasteiger partial charge >= 0.3 is 42.9 Å². The van der Waals surface area contributed by atoms with Crippen LogP contribution < -0.4 is 0 Å². The standard InChI is InChI=1S/Hf.3O.Se/q+4;3*-2;+2. The Hall–Kier alpha value is 1.27. The summed E-state index contributed by atoms with van der Waals surface area (Å²) in [5.74, 6) is 0. The summed E-state index contributed by atoms with van der Waals surface area (Å²) in [6, 6.07) is 0. The maximum absolute atomic E-state index is 0. The molecular formula is HfO3Se. The van der Waals surface area contributed by atoms with Crippen LogP contribution in [0.1, 0.15) is 0 Å². The van der Waals surface area contributed by atoms with Crippen molar-refractivity contribution in [3.8, 4) is 0 Å². The quantitative estimate of drug-likeness (QED) is 0.528. The molecule has 0 rings (SSSR count). The average molecular weight is 305 g/mol. The van der Waals surface area contributed by atoms with E-state index in [2.05, 4.69) is 0 Å². The van der Waals surface area contributed by atoms with Crippen molar-refractivity contribution in [1.82, 2.24) is 0 Å². The maximum Gasteiger partial charge on any atom is 4.00 e. The first-order chi connectivity index (χ1) is 0. The van der Waals surface area contributed by atoms with E-state index < -0.39 is 0 Å². The van der Waals surface area contributed by atoms with E-state index >= 15 is 0 Å². The van der Waals surface area contributed by atoms with Gasteiger partial charge in [-0.2, -0.15) is 0 Å². The third kappa shape index (κ3) is 34.9. The minimum atomic E-state index is 0. The summed E-state index contributed by atoms with van der Waals surface area (Å²) >= 11 is 0. The molecule has 3 nitrogen and oxygen atoms in total. The zero-order valence-electron chi connectivity index (χ0n) is 2.13. The summed E-state index contributed by atoms with van der Waals surface area (Å²) in [4.78, 5) is 0. The van der Waals surface area contributed by atoms with Gasteiger partial charge in [0.15, 0.2) is 0 Å². The van der Waals surface area contributed by atoms with Crippen LogP contribution in [0.15, 0.2) is 0 Å². The molecule has 4 radical (unpaired) electrons. The minimum absolute atomic E-state index is 0. The van der Waals surface area contributed by atoms with Crippen LogP contribution in [0, 0.1) is 0 Å². The Morgan fingerprint density at radius 1 is 0.600 bits per heavy atom. The minimum Gasteiger partial charge on any atom is -2.00 e. The van der Waals surface area contributed by atoms with Crippen LogP contribution in [0.3, 0.4) is 0 Å². The smallest absolute Gasteiger partial charge is 2.00 e.